The zero-order valence-electron chi connectivity index (χ0n) is 13.8. The molecular formula is C16H23ClN4OS. The normalized spacial score (nSPS) is 12.4. The number of rotatable bonds is 4. The predicted octanol–water partition coefficient (Wildman–Crippen LogP) is 3.17. The molecule has 0 saturated heterocycles. The third-order valence-electron chi connectivity index (χ3n) is 3.39. The molecule has 0 radical (unpaired) electrons. The van der Waals surface area contributed by atoms with E-state index in [-0.39, 0.29) is 23.7 Å². The highest BCUT2D eigenvalue weighted by molar-refractivity contribution is 7.15. The van der Waals surface area contributed by atoms with Crippen molar-refractivity contribution in [2.45, 2.75) is 40.2 Å². The van der Waals surface area contributed by atoms with E-state index in [9.17, 15) is 4.79 Å². The summed E-state index contributed by atoms with van der Waals surface area (Å²) in [6.45, 7) is 7.85. The summed E-state index contributed by atoms with van der Waals surface area (Å²) in [5.74, 6) is -0.231. The Hall–Kier alpha value is -1.50. The molecule has 2 rings (SSSR count). The Morgan fingerprint density at radius 3 is 2.43 bits per heavy atom. The van der Waals surface area contributed by atoms with Gasteiger partial charge in [0.15, 0.2) is 0 Å². The number of hydrogen-bond acceptors (Lipinski definition) is 5. The summed E-state index contributed by atoms with van der Waals surface area (Å²) in [5.41, 5.74) is 8.04. The van der Waals surface area contributed by atoms with Crippen molar-refractivity contribution in [2.24, 2.45) is 11.1 Å². The third-order valence-corrected chi connectivity index (χ3v) is 4.23. The van der Waals surface area contributed by atoms with Gasteiger partial charge in [0.1, 0.15) is 5.01 Å². The van der Waals surface area contributed by atoms with Crippen LogP contribution in [0, 0.1) is 12.3 Å². The van der Waals surface area contributed by atoms with Gasteiger partial charge in [0, 0.05) is 6.42 Å². The molecule has 5 nitrogen and oxygen atoms in total. The van der Waals surface area contributed by atoms with E-state index in [0.717, 1.165) is 5.01 Å². The molecule has 0 aliphatic heterocycles. The van der Waals surface area contributed by atoms with Crippen LogP contribution in [0.1, 0.15) is 36.9 Å². The first-order chi connectivity index (χ1) is 10.3. The number of nitrogens with one attached hydrogen (secondary N) is 1. The number of benzene rings is 1. The van der Waals surface area contributed by atoms with Crippen LogP contribution in [0.4, 0.5) is 5.13 Å². The second-order valence-corrected chi connectivity index (χ2v) is 7.56. The molecule has 1 atom stereocenters. The molecular weight excluding hydrogens is 332 g/mol. The molecule has 0 aliphatic rings. The molecule has 1 aromatic heterocycles. The summed E-state index contributed by atoms with van der Waals surface area (Å²) in [4.78, 5) is 12.1. The van der Waals surface area contributed by atoms with Gasteiger partial charge in [0.25, 0.3) is 0 Å². The summed E-state index contributed by atoms with van der Waals surface area (Å²) in [7, 11) is 0. The molecule has 1 heterocycles. The lowest BCUT2D eigenvalue weighted by Gasteiger charge is -2.25. The number of nitrogens with zero attached hydrogens (tertiary/aromatic N) is 2. The van der Waals surface area contributed by atoms with Crippen LogP contribution in [0.5, 0.6) is 0 Å². The van der Waals surface area contributed by atoms with Crippen molar-refractivity contribution in [3.8, 4) is 0 Å². The quantitative estimate of drug-likeness (QED) is 0.883. The van der Waals surface area contributed by atoms with Crippen molar-refractivity contribution in [2.75, 3.05) is 5.32 Å². The minimum Gasteiger partial charge on any atom is -0.319 e. The first kappa shape index (κ1) is 19.5. The summed E-state index contributed by atoms with van der Waals surface area (Å²) >= 11 is 1.38. The lowest BCUT2D eigenvalue weighted by molar-refractivity contribution is -0.119. The number of amides is 1. The van der Waals surface area contributed by atoms with Crippen molar-refractivity contribution in [1.29, 1.82) is 0 Å². The van der Waals surface area contributed by atoms with E-state index in [1.807, 2.05) is 20.8 Å². The van der Waals surface area contributed by atoms with Gasteiger partial charge >= 0.3 is 0 Å². The van der Waals surface area contributed by atoms with Gasteiger partial charge in [-0.05, 0) is 17.9 Å². The molecule has 0 bridgehead atoms. The van der Waals surface area contributed by atoms with Crippen LogP contribution in [0.2, 0.25) is 0 Å². The Balaban J connectivity index is 0.00000264. The topological polar surface area (TPSA) is 80.9 Å². The van der Waals surface area contributed by atoms with Gasteiger partial charge in [-0.3, -0.25) is 10.1 Å². The van der Waals surface area contributed by atoms with Crippen molar-refractivity contribution in [3.05, 3.63) is 40.4 Å². The number of nitrogens with two attached hydrogens (primary N) is 1. The summed E-state index contributed by atoms with van der Waals surface area (Å²) in [5, 5.41) is 12.2. The van der Waals surface area contributed by atoms with Gasteiger partial charge in [0.2, 0.25) is 11.0 Å². The van der Waals surface area contributed by atoms with Crippen molar-refractivity contribution in [1.82, 2.24) is 10.2 Å². The molecule has 1 amide bonds. The average Bonchev–Trinajstić information content (AvgIpc) is 2.86. The highest BCUT2D eigenvalue weighted by Gasteiger charge is 2.28. The summed E-state index contributed by atoms with van der Waals surface area (Å²) < 4.78 is 0. The number of carbonyl (C=O) groups is 1. The van der Waals surface area contributed by atoms with E-state index >= 15 is 0 Å². The number of carbonyl (C=O) groups excluding carboxylic acids is 1. The molecule has 23 heavy (non-hydrogen) atoms. The average molecular weight is 355 g/mol. The van der Waals surface area contributed by atoms with E-state index < -0.39 is 6.04 Å². The molecule has 126 valence electrons. The van der Waals surface area contributed by atoms with Gasteiger partial charge in [-0.2, -0.15) is 0 Å². The molecule has 0 saturated carbocycles. The van der Waals surface area contributed by atoms with E-state index in [1.54, 1.807) is 0 Å². The second kappa shape index (κ2) is 7.86. The number of aromatic nitrogens is 2. The molecule has 2 aromatic rings. The zero-order chi connectivity index (χ0) is 16.3. The first-order valence-corrected chi connectivity index (χ1v) is 8.02. The lowest BCUT2D eigenvalue weighted by Crippen LogP contribution is -2.45. The number of anilines is 1. The molecule has 0 fully saturated rings. The fraction of sp³-hybridized carbons (Fsp3) is 0.438. The summed E-state index contributed by atoms with van der Waals surface area (Å²) in [6.07, 6.45) is 0.707. The van der Waals surface area contributed by atoms with Gasteiger partial charge < -0.3 is 5.73 Å². The fourth-order valence-corrected chi connectivity index (χ4v) is 2.61. The highest BCUT2D eigenvalue weighted by atomic mass is 35.5. The number of halogens is 1. The Morgan fingerprint density at radius 2 is 1.87 bits per heavy atom. The molecule has 1 aromatic carbocycles. The predicted molar refractivity (Wildman–Crippen MR) is 97.2 cm³/mol. The van der Waals surface area contributed by atoms with Gasteiger partial charge in [-0.15, -0.1) is 22.6 Å². The Labute approximate surface area is 147 Å². The fourth-order valence-electron chi connectivity index (χ4n) is 1.83. The highest BCUT2D eigenvalue weighted by Crippen LogP contribution is 2.22. The zero-order valence-corrected chi connectivity index (χ0v) is 15.4. The Kier molecular flexibility index (Phi) is 6.68. The van der Waals surface area contributed by atoms with E-state index in [4.69, 9.17) is 5.73 Å². The maximum Gasteiger partial charge on any atom is 0.243 e. The maximum absolute atomic E-state index is 12.1. The maximum atomic E-state index is 12.1. The molecule has 0 aliphatic carbocycles. The van der Waals surface area contributed by atoms with E-state index in [2.05, 4.69) is 46.7 Å². The smallest absolute Gasteiger partial charge is 0.243 e. The SMILES string of the molecule is Cc1ccc(Cc2nnc(NC(=O)[C@@H](N)C(C)(C)C)s2)cc1.Cl. The summed E-state index contributed by atoms with van der Waals surface area (Å²) in [6, 6.07) is 7.70. The van der Waals surface area contributed by atoms with Gasteiger partial charge in [0.05, 0.1) is 6.04 Å². The van der Waals surface area contributed by atoms with Crippen molar-refractivity contribution < 1.29 is 4.79 Å². The largest absolute Gasteiger partial charge is 0.319 e. The standard InChI is InChI=1S/C16H22N4OS.ClH/c1-10-5-7-11(8-6-10)9-12-19-20-15(22-12)18-14(21)13(17)16(2,3)4;/h5-8,13H,9,17H2,1-4H3,(H,18,20,21);1H/t13-;/m1./s1. The second-order valence-electron chi connectivity index (χ2n) is 6.50. The van der Waals surface area contributed by atoms with Crippen molar-refractivity contribution >= 4 is 34.8 Å². The molecule has 0 unspecified atom stereocenters. The Morgan fingerprint density at radius 1 is 1.26 bits per heavy atom. The van der Waals surface area contributed by atoms with Crippen LogP contribution >= 0.6 is 23.7 Å². The number of aryl methyl sites for hydroxylation is 1. The van der Waals surface area contributed by atoms with Gasteiger partial charge in [-0.25, -0.2) is 0 Å². The van der Waals surface area contributed by atoms with Gasteiger partial charge in [-0.1, -0.05) is 61.9 Å². The third kappa shape index (κ3) is 5.57. The Bertz CT molecular complexity index is 649. The van der Waals surface area contributed by atoms with Crippen LogP contribution < -0.4 is 11.1 Å². The van der Waals surface area contributed by atoms with Crippen LogP contribution in [0.25, 0.3) is 0 Å². The molecule has 3 N–H and O–H groups in total. The van der Waals surface area contributed by atoms with Crippen LogP contribution in [0.15, 0.2) is 24.3 Å². The monoisotopic (exact) mass is 354 g/mol. The van der Waals surface area contributed by atoms with Crippen molar-refractivity contribution in [3.63, 3.8) is 0 Å². The molecule has 0 spiro atoms. The van der Waals surface area contributed by atoms with Crippen LogP contribution in [0.3, 0.4) is 0 Å². The number of hydrogen-bond donors (Lipinski definition) is 2. The minimum absolute atomic E-state index is 0. The molecule has 7 heteroatoms. The van der Waals surface area contributed by atoms with Crippen LogP contribution in [-0.2, 0) is 11.2 Å². The van der Waals surface area contributed by atoms with Crippen LogP contribution in [-0.4, -0.2) is 22.1 Å². The van der Waals surface area contributed by atoms with E-state index in [0.29, 0.717) is 11.6 Å². The lowest BCUT2D eigenvalue weighted by atomic mass is 9.87. The van der Waals surface area contributed by atoms with E-state index in [1.165, 1.54) is 22.5 Å². The first-order valence-electron chi connectivity index (χ1n) is 7.20. The minimum atomic E-state index is -0.586.